The van der Waals surface area contributed by atoms with Crippen molar-refractivity contribution in [2.45, 2.75) is 19.9 Å². The lowest BCUT2D eigenvalue weighted by Gasteiger charge is -2.09. The summed E-state index contributed by atoms with van der Waals surface area (Å²) in [5.41, 5.74) is 3.23. The van der Waals surface area contributed by atoms with Gasteiger partial charge in [0.05, 0.1) is 19.3 Å². The van der Waals surface area contributed by atoms with Gasteiger partial charge in [0.1, 0.15) is 11.6 Å². The van der Waals surface area contributed by atoms with Gasteiger partial charge in [-0.3, -0.25) is 0 Å². The summed E-state index contributed by atoms with van der Waals surface area (Å²) in [7, 11) is 3.59. The Labute approximate surface area is 113 Å². The molecule has 19 heavy (non-hydrogen) atoms. The van der Waals surface area contributed by atoms with Crippen molar-refractivity contribution in [1.82, 2.24) is 15.3 Å². The molecular formula is C15H19N3O. The first-order valence-corrected chi connectivity index (χ1v) is 6.42. The zero-order valence-corrected chi connectivity index (χ0v) is 11.6. The summed E-state index contributed by atoms with van der Waals surface area (Å²) < 4.78 is 5.35. The Morgan fingerprint density at radius 2 is 2.11 bits per heavy atom. The van der Waals surface area contributed by atoms with Crippen LogP contribution in [0.1, 0.15) is 18.3 Å². The number of methoxy groups -OCH3 is 1. The van der Waals surface area contributed by atoms with E-state index in [0.717, 1.165) is 29.3 Å². The van der Waals surface area contributed by atoms with E-state index in [-0.39, 0.29) is 0 Å². The third kappa shape index (κ3) is 3.09. The normalized spacial score (nSPS) is 10.5. The predicted molar refractivity (Wildman–Crippen MR) is 76.2 cm³/mol. The van der Waals surface area contributed by atoms with Gasteiger partial charge in [0.25, 0.3) is 0 Å². The fourth-order valence-electron chi connectivity index (χ4n) is 2.02. The third-order valence-corrected chi connectivity index (χ3v) is 3.00. The second-order valence-electron chi connectivity index (χ2n) is 4.27. The number of nitrogens with one attached hydrogen (secondary N) is 1. The van der Waals surface area contributed by atoms with Gasteiger partial charge in [0.15, 0.2) is 0 Å². The highest BCUT2D eigenvalue weighted by Crippen LogP contribution is 2.25. The lowest BCUT2D eigenvalue weighted by molar-refractivity contribution is 0.410. The number of hydrogen-bond acceptors (Lipinski definition) is 4. The van der Waals surface area contributed by atoms with Crippen LogP contribution in [-0.4, -0.2) is 24.1 Å². The molecule has 0 fully saturated rings. The summed E-state index contributed by atoms with van der Waals surface area (Å²) in [6.45, 7) is 2.79. The van der Waals surface area contributed by atoms with Crippen LogP contribution in [0, 0.1) is 0 Å². The van der Waals surface area contributed by atoms with Crippen LogP contribution in [-0.2, 0) is 13.0 Å². The van der Waals surface area contributed by atoms with E-state index >= 15 is 0 Å². The van der Waals surface area contributed by atoms with Crippen molar-refractivity contribution in [2.75, 3.05) is 14.2 Å². The highest BCUT2D eigenvalue weighted by Gasteiger charge is 2.06. The molecule has 0 amide bonds. The first-order valence-electron chi connectivity index (χ1n) is 6.42. The number of aryl methyl sites for hydroxylation is 1. The van der Waals surface area contributed by atoms with E-state index in [0.29, 0.717) is 6.54 Å². The zero-order chi connectivity index (χ0) is 13.7. The van der Waals surface area contributed by atoms with Gasteiger partial charge in [0, 0.05) is 11.8 Å². The van der Waals surface area contributed by atoms with Gasteiger partial charge in [-0.15, -0.1) is 0 Å². The van der Waals surface area contributed by atoms with Crippen molar-refractivity contribution in [2.24, 2.45) is 0 Å². The van der Waals surface area contributed by atoms with Crippen molar-refractivity contribution in [1.29, 1.82) is 0 Å². The Bertz CT molecular complexity index is 555. The van der Waals surface area contributed by atoms with Gasteiger partial charge in [-0.2, -0.15) is 0 Å². The highest BCUT2D eigenvalue weighted by atomic mass is 16.5. The summed E-state index contributed by atoms with van der Waals surface area (Å²) in [4.78, 5) is 8.78. The Morgan fingerprint density at radius 3 is 2.79 bits per heavy atom. The molecular weight excluding hydrogens is 238 g/mol. The summed E-state index contributed by atoms with van der Waals surface area (Å²) >= 11 is 0. The summed E-state index contributed by atoms with van der Waals surface area (Å²) in [6, 6.07) is 8.09. The minimum Gasteiger partial charge on any atom is -0.496 e. The Balaban J connectivity index is 2.38. The molecule has 0 atom stereocenters. The molecule has 4 heteroatoms. The number of nitrogens with zero attached hydrogens (tertiary/aromatic N) is 2. The molecule has 1 N–H and O–H groups in total. The summed E-state index contributed by atoms with van der Waals surface area (Å²) in [6.07, 6.45) is 2.73. The van der Waals surface area contributed by atoms with Crippen molar-refractivity contribution < 1.29 is 4.74 Å². The molecule has 0 saturated heterocycles. The van der Waals surface area contributed by atoms with E-state index in [4.69, 9.17) is 4.74 Å². The van der Waals surface area contributed by atoms with Crippen molar-refractivity contribution in [3.05, 3.63) is 41.9 Å². The Hall–Kier alpha value is -1.94. The van der Waals surface area contributed by atoms with Crippen molar-refractivity contribution in [3.63, 3.8) is 0 Å². The van der Waals surface area contributed by atoms with E-state index in [1.54, 1.807) is 13.3 Å². The van der Waals surface area contributed by atoms with Crippen LogP contribution in [0.15, 0.2) is 30.5 Å². The van der Waals surface area contributed by atoms with Crippen molar-refractivity contribution >= 4 is 0 Å². The lowest BCUT2D eigenvalue weighted by atomic mass is 10.1. The Morgan fingerprint density at radius 1 is 1.26 bits per heavy atom. The standard InChI is InChI=1S/C15H19N3O/c1-4-11-9-12(5-6-14(11)19-3)13-7-8-17-15(18-13)10-16-2/h5-9,16H,4,10H2,1-3H3. The van der Waals surface area contributed by atoms with Crippen LogP contribution >= 0.6 is 0 Å². The van der Waals surface area contributed by atoms with Crippen LogP contribution in [0.3, 0.4) is 0 Å². The topological polar surface area (TPSA) is 47.0 Å². The van der Waals surface area contributed by atoms with Gasteiger partial charge in [-0.25, -0.2) is 9.97 Å². The van der Waals surface area contributed by atoms with E-state index in [2.05, 4.69) is 28.3 Å². The largest absolute Gasteiger partial charge is 0.496 e. The molecule has 2 rings (SSSR count). The van der Waals surface area contributed by atoms with Gasteiger partial charge in [-0.05, 0) is 43.3 Å². The van der Waals surface area contributed by atoms with Crippen LogP contribution in [0.5, 0.6) is 5.75 Å². The van der Waals surface area contributed by atoms with Crippen molar-refractivity contribution in [3.8, 4) is 17.0 Å². The van der Waals surface area contributed by atoms with Gasteiger partial charge in [-0.1, -0.05) is 6.92 Å². The average molecular weight is 257 g/mol. The molecule has 1 aromatic carbocycles. The van der Waals surface area contributed by atoms with Crippen LogP contribution < -0.4 is 10.1 Å². The highest BCUT2D eigenvalue weighted by molar-refractivity contribution is 5.61. The number of benzene rings is 1. The molecule has 0 bridgehead atoms. The average Bonchev–Trinajstić information content (AvgIpc) is 2.47. The van der Waals surface area contributed by atoms with E-state index in [9.17, 15) is 0 Å². The number of hydrogen-bond donors (Lipinski definition) is 1. The molecule has 1 heterocycles. The predicted octanol–water partition coefficient (Wildman–Crippen LogP) is 2.43. The zero-order valence-electron chi connectivity index (χ0n) is 11.6. The fraction of sp³-hybridized carbons (Fsp3) is 0.333. The minimum absolute atomic E-state index is 0.671. The molecule has 0 aliphatic rings. The number of ether oxygens (including phenoxy) is 1. The smallest absolute Gasteiger partial charge is 0.142 e. The third-order valence-electron chi connectivity index (χ3n) is 3.00. The van der Waals surface area contributed by atoms with E-state index in [1.807, 2.05) is 25.2 Å². The maximum atomic E-state index is 5.35. The monoisotopic (exact) mass is 257 g/mol. The second kappa shape index (κ2) is 6.29. The quantitative estimate of drug-likeness (QED) is 0.893. The minimum atomic E-state index is 0.671. The lowest BCUT2D eigenvalue weighted by Crippen LogP contribution is -2.09. The molecule has 0 spiro atoms. The number of rotatable bonds is 5. The Kier molecular flexibility index (Phi) is 4.47. The first-order chi connectivity index (χ1) is 9.28. The molecule has 4 nitrogen and oxygen atoms in total. The molecule has 0 aliphatic carbocycles. The molecule has 2 aromatic rings. The van der Waals surface area contributed by atoms with E-state index in [1.165, 1.54) is 5.56 Å². The van der Waals surface area contributed by atoms with Gasteiger partial charge < -0.3 is 10.1 Å². The van der Waals surface area contributed by atoms with E-state index < -0.39 is 0 Å². The van der Waals surface area contributed by atoms with Gasteiger partial charge >= 0.3 is 0 Å². The first kappa shape index (κ1) is 13.5. The fourth-order valence-corrected chi connectivity index (χ4v) is 2.02. The maximum Gasteiger partial charge on any atom is 0.142 e. The SMILES string of the molecule is CCc1cc(-c2ccnc(CNC)n2)ccc1OC. The second-order valence-corrected chi connectivity index (χ2v) is 4.27. The number of aromatic nitrogens is 2. The molecule has 0 saturated carbocycles. The molecule has 0 radical (unpaired) electrons. The van der Waals surface area contributed by atoms with Crippen LogP contribution in [0.4, 0.5) is 0 Å². The molecule has 1 aromatic heterocycles. The summed E-state index contributed by atoms with van der Waals surface area (Å²) in [5.74, 6) is 1.73. The summed E-state index contributed by atoms with van der Waals surface area (Å²) in [5, 5.41) is 3.06. The van der Waals surface area contributed by atoms with Crippen LogP contribution in [0.25, 0.3) is 11.3 Å². The van der Waals surface area contributed by atoms with Gasteiger partial charge in [0.2, 0.25) is 0 Å². The maximum absolute atomic E-state index is 5.35. The molecule has 0 unspecified atom stereocenters. The molecule has 0 aliphatic heterocycles. The van der Waals surface area contributed by atoms with Crippen LogP contribution in [0.2, 0.25) is 0 Å². The molecule has 100 valence electrons.